The summed E-state index contributed by atoms with van der Waals surface area (Å²) in [4.78, 5) is 27.3. The number of nitrogens with zero attached hydrogens (tertiary/aromatic N) is 2. The highest BCUT2D eigenvalue weighted by molar-refractivity contribution is 5.86. The Hall–Kier alpha value is -1.10. The zero-order valence-corrected chi connectivity index (χ0v) is 11.9. The van der Waals surface area contributed by atoms with Crippen LogP contribution in [0.5, 0.6) is 0 Å². The molecule has 0 radical (unpaired) electrons. The number of nitrogens with two attached hydrogens (primary N) is 1. The van der Waals surface area contributed by atoms with Crippen LogP contribution in [0.3, 0.4) is 0 Å². The molecule has 5 heteroatoms. The molecule has 0 aromatic rings. The van der Waals surface area contributed by atoms with Crippen molar-refractivity contribution < 1.29 is 9.59 Å². The summed E-state index contributed by atoms with van der Waals surface area (Å²) in [5, 5.41) is 0. The van der Waals surface area contributed by atoms with Crippen molar-refractivity contribution in [2.75, 3.05) is 33.7 Å². The van der Waals surface area contributed by atoms with Gasteiger partial charge in [-0.1, -0.05) is 13.8 Å². The van der Waals surface area contributed by atoms with E-state index < -0.39 is 0 Å². The van der Waals surface area contributed by atoms with Crippen molar-refractivity contribution in [1.82, 2.24) is 9.80 Å². The molecule has 2 N–H and O–H groups in total. The first-order valence-electron chi connectivity index (χ1n) is 6.46. The first-order chi connectivity index (χ1) is 8.26. The molecule has 18 heavy (non-hydrogen) atoms. The summed E-state index contributed by atoms with van der Waals surface area (Å²) in [5.74, 6) is -0.0312. The lowest BCUT2D eigenvalue weighted by Crippen LogP contribution is -2.46. The Morgan fingerprint density at radius 3 is 2.67 bits per heavy atom. The van der Waals surface area contributed by atoms with Crippen molar-refractivity contribution in [3.8, 4) is 0 Å². The minimum Gasteiger partial charge on any atom is -0.346 e. The summed E-state index contributed by atoms with van der Waals surface area (Å²) < 4.78 is 0. The van der Waals surface area contributed by atoms with E-state index in [9.17, 15) is 9.59 Å². The van der Waals surface area contributed by atoms with Crippen molar-refractivity contribution in [3.63, 3.8) is 0 Å². The van der Waals surface area contributed by atoms with Crippen LogP contribution in [0.2, 0.25) is 0 Å². The van der Waals surface area contributed by atoms with Crippen LogP contribution in [-0.4, -0.2) is 55.3 Å². The van der Waals surface area contributed by atoms with Crippen LogP contribution in [0.1, 0.15) is 26.7 Å². The summed E-state index contributed by atoms with van der Waals surface area (Å²) in [6, 6.07) is 0. The number of hydrogen-bond acceptors (Lipinski definition) is 3. The van der Waals surface area contributed by atoms with Crippen LogP contribution in [0.4, 0.5) is 0 Å². The molecule has 104 valence electrons. The van der Waals surface area contributed by atoms with Crippen molar-refractivity contribution in [2.24, 2.45) is 17.1 Å². The van der Waals surface area contributed by atoms with E-state index >= 15 is 0 Å². The van der Waals surface area contributed by atoms with Crippen molar-refractivity contribution in [2.45, 2.75) is 26.7 Å². The Morgan fingerprint density at radius 1 is 1.56 bits per heavy atom. The fourth-order valence-electron chi connectivity index (χ4n) is 2.25. The van der Waals surface area contributed by atoms with E-state index in [1.807, 2.05) is 13.8 Å². The highest BCUT2D eigenvalue weighted by Gasteiger charge is 2.31. The number of rotatable bonds is 4. The summed E-state index contributed by atoms with van der Waals surface area (Å²) in [5.41, 5.74) is 5.59. The zero-order chi connectivity index (χ0) is 13.9. The molecule has 1 atom stereocenters. The largest absolute Gasteiger partial charge is 0.346 e. The predicted octanol–water partition coefficient (Wildman–Crippen LogP) is 0.298. The van der Waals surface area contributed by atoms with Gasteiger partial charge in [-0.3, -0.25) is 9.59 Å². The quantitative estimate of drug-likeness (QED) is 0.785. The van der Waals surface area contributed by atoms with E-state index in [-0.39, 0.29) is 23.1 Å². The van der Waals surface area contributed by atoms with Gasteiger partial charge in [0.2, 0.25) is 11.8 Å². The SMILES string of the molecule is CN1CCC(C(=O)N(C)CC(C)(C)CN)CC1=O. The Kier molecular flexibility index (Phi) is 4.73. The first-order valence-corrected chi connectivity index (χ1v) is 6.46. The van der Waals surface area contributed by atoms with Crippen LogP contribution >= 0.6 is 0 Å². The Morgan fingerprint density at radius 2 is 2.17 bits per heavy atom. The van der Waals surface area contributed by atoms with Gasteiger partial charge in [0.1, 0.15) is 0 Å². The third-order valence-corrected chi connectivity index (χ3v) is 3.60. The molecule has 1 aliphatic heterocycles. The van der Waals surface area contributed by atoms with Gasteiger partial charge in [0.15, 0.2) is 0 Å². The predicted molar refractivity (Wildman–Crippen MR) is 70.8 cm³/mol. The number of amides is 2. The molecule has 5 nitrogen and oxygen atoms in total. The van der Waals surface area contributed by atoms with E-state index in [1.54, 1.807) is 23.9 Å². The Bertz CT molecular complexity index is 328. The second-order valence-electron chi connectivity index (χ2n) is 6.07. The maximum absolute atomic E-state index is 12.3. The molecule has 0 saturated carbocycles. The summed E-state index contributed by atoms with van der Waals surface area (Å²) in [7, 11) is 3.58. The zero-order valence-electron chi connectivity index (χ0n) is 11.9. The van der Waals surface area contributed by atoms with Crippen LogP contribution < -0.4 is 5.73 Å². The number of hydrogen-bond donors (Lipinski definition) is 1. The minimum atomic E-state index is -0.160. The number of carbonyl (C=O) groups excluding carboxylic acids is 2. The summed E-state index contributed by atoms with van der Waals surface area (Å²) in [6.07, 6.45) is 1.09. The van der Waals surface area contributed by atoms with Crippen LogP contribution in [0.25, 0.3) is 0 Å². The molecule has 2 amide bonds. The molecule has 1 unspecified atom stereocenters. The maximum atomic E-state index is 12.3. The maximum Gasteiger partial charge on any atom is 0.226 e. The molecular formula is C13H25N3O2. The van der Waals surface area contributed by atoms with Gasteiger partial charge in [0.05, 0.1) is 0 Å². The number of carbonyl (C=O) groups is 2. The van der Waals surface area contributed by atoms with Crippen molar-refractivity contribution in [1.29, 1.82) is 0 Å². The second kappa shape index (κ2) is 5.69. The fourth-order valence-corrected chi connectivity index (χ4v) is 2.25. The Labute approximate surface area is 109 Å². The lowest BCUT2D eigenvalue weighted by atomic mass is 9.91. The monoisotopic (exact) mass is 255 g/mol. The first kappa shape index (κ1) is 15.0. The molecule has 0 aromatic carbocycles. The summed E-state index contributed by atoms with van der Waals surface area (Å²) >= 11 is 0. The third kappa shape index (κ3) is 3.70. The lowest BCUT2D eigenvalue weighted by molar-refractivity contribution is -0.144. The van der Waals surface area contributed by atoms with E-state index in [4.69, 9.17) is 5.73 Å². The van der Waals surface area contributed by atoms with Crippen molar-refractivity contribution in [3.05, 3.63) is 0 Å². The minimum absolute atomic E-state index is 0.0612. The molecule has 1 saturated heterocycles. The molecule has 0 bridgehead atoms. The molecule has 1 fully saturated rings. The average Bonchev–Trinajstić information content (AvgIpc) is 2.31. The van der Waals surface area contributed by atoms with Crippen molar-refractivity contribution >= 4 is 11.8 Å². The normalized spacial score (nSPS) is 21.1. The molecule has 0 spiro atoms. The van der Waals surface area contributed by atoms with Gasteiger partial charge in [0.25, 0.3) is 0 Å². The van der Waals surface area contributed by atoms with E-state index in [2.05, 4.69) is 0 Å². The van der Waals surface area contributed by atoms with Crippen LogP contribution in [0, 0.1) is 11.3 Å². The molecule has 1 aliphatic rings. The molecule has 1 rings (SSSR count). The second-order valence-corrected chi connectivity index (χ2v) is 6.07. The van der Waals surface area contributed by atoms with Gasteiger partial charge in [-0.25, -0.2) is 0 Å². The molecular weight excluding hydrogens is 230 g/mol. The number of piperidine rings is 1. The Balaban J connectivity index is 2.57. The van der Waals surface area contributed by atoms with Crippen LogP contribution in [0.15, 0.2) is 0 Å². The van der Waals surface area contributed by atoms with E-state index in [1.165, 1.54) is 0 Å². The average molecular weight is 255 g/mol. The third-order valence-electron chi connectivity index (χ3n) is 3.60. The van der Waals surface area contributed by atoms with E-state index in [0.717, 1.165) is 6.42 Å². The van der Waals surface area contributed by atoms with Gasteiger partial charge in [-0.05, 0) is 18.4 Å². The van der Waals surface area contributed by atoms with Gasteiger partial charge in [-0.15, -0.1) is 0 Å². The molecule has 1 heterocycles. The standard InChI is InChI=1S/C13H25N3O2/c1-13(2,8-14)9-16(4)12(18)10-5-6-15(3)11(17)7-10/h10H,5-9,14H2,1-4H3. The highest BCUT2D eigenvalue weighted by atomic mass is 16.2. The topological polar surface area (TPSA) is 66.6 Å². The van der Waals surface area contributed by atoms with Gasteiger partial charge >= 0.3 is 0 Å². The van der Waals surface area contributed by atoms with E-state index in [0.29, 0.717) is 26.1 Å². The lowest BCUT2D eigenvalue weighted by Gasteiger charge is -2.34. The molecule has 0 aliphatic carbocycles. The van der Waals surface area contributed by atoms with Gasteiger partial charge < -0.3 is 15.5 Å². The number of likely N-dealkylation sites (tertiary alicyclic amines) is 1. The van der Waals surface area contributed by atoms with Crippen LogP contribution in [-0.2, 0) is 9.59 Å². The summed E-state index contributed by atoms with van der Waals surface area (Å²) in [6.45, 7) is 5.91. The van der Waals surface area contributed by atoms with Gasteiger partial charge in [-0.2, -0.15) is 0 Å². The smallest absolute Gasteiger partial charge is 0.226 e. The van der Waals surface area contributed by atoms with Gasteiger partial charge in [0, 0.05) is 39.5 Å². The fraction of sp³-hybridized carbons (Fsp3) is 0.846. The highest BCUT2D eigenvalue weighted by Crippen LogP contribution is 2.21. The molecule has 0 aromatic heterocycles.